The van der Waals surface area contributed by atoms with E-state index in [4.69, 9.17) is 34.3 Å². The van der Waals surface area contributed by atoms with Crippen molar-refractivity contribution in [1.82, 2.24) is 0 Å². The number of rotatable bonds is 5. The van der Waals surface area contributed by atoms with Gasteiger partial charge < -0.3 is 15.8 Å². The monoisotopic (exact) mass is 306 g/mol. The van der Waals surface area contributed by atoms with Gasteiger partial charge in [0.05, 0.1) is 17.7 Å². The number of hydrogen-bond donors (Lipinski definition) is 2. The van der Waals surface area contributed by atoms with E-state index in [0.717, 1.165) is 17.0 Å². The summed E-state index contributed by atoms with van der Waals surface area (Å²) in [7, 11) is 1.65. The summed E-state index contributed by atoms with van der Waals surface area (Å²) in [6.45, 7) is 0.597. The molecule has 0 aliphatic rings. The number of ether oxygens (including phenoxy) is 1. The first-order valence-electron chi connectivity index (χ1n) is 6.07. The molecule has 0 amide bonds. The molecular weight excluding hydrogens is 292 g/mol. The van der Waals surface area contributed by atoms with E-state index < -0.39 is 0 Å². The van der Waals surface area contributed by atoms with Crippen molar-refractivity contribution in [3.63, 3.8) is 0 Å². The molecule has 0 radical (unpaired) electrons. The standard InChI is InChI=1S/C15H15ClN2OS/c1-19-13-8-3-2-5-10(13)9-18-12-7-4-6-11(16)14(12)15(17)20/h2-8,18H,9H2,1H3,(H2,17,20). The van der Waals surface area contributed by atoms with Gasteiger partial charge in [0.25, 0.3) is 0 Å². The minimum atomic E-state index is 0.276. The maximum atomic E-state index is 6.13. The molecule has 20 heavy (non-hydrogen) atoms. The van der Waals surface area contributed by atoms with Crippen molar-refractivity contribution in [1.29, 1.82) is 0 Å². The molecule has 0 saturated carbocycles. The highest BCUT2D eigenvalue weighted by atomic mass is 35.5. The Morgan fingerprint density at radius 1 is 1.25 bits per heavy atom. The van der Waals surface area contributed by atoms with E-state index in [-0.39, 0.29) is 4.99 Å². The minimum absolute atomic E-state index is 0.276. The number of anilines is 1. The van der Waals surface area contributed by atoms with Crippen molar-refractivity contribution < 1.29 is 4.74 Å². The summed E-state index contributed by atoms with van der Waals surface area (Å²) in [5.41, 5.74) is 8.25. The van der Waals surface area contributed by atoms with E-state index in [0.29, 0.717) is 17.1 Å². The molecule has 104 valence electrons. The van der Waals surface area contributed by atoms with Crippen LogP contribution in [0, 0.1) is 0 Å². The van der Waals surface area contributed by atoms with E-state index in [1.54, 1.807) is 13.2 Å². The molecule has 2 aromatic carbocycles. The van der Waals surface area contributed by atoms with Crippen molar-refractivity contribution >= 4 is 34.5 Å². The Bertz CT molecular complexity index is 631. The molecule has 0 bridgehead atoms. The Kier molecular flexibility index (Phi) is 4.82. The van der Waals surface area contributed by atoms with E-state index in [1.165, 1.54) is 0 Å². The lowest BCUT2D eigenvalue weighted by atomic mass is 10.1. The third-order valence-electron chi connectivity index (χ3n) is 2.92. The molecule has 0 fully saturated rings. The summed E-state index contributed by atoms with van der Waals surface area (Å²) < 4.78 is 5.32. The zero-order chi connectivity index (χ0) is 14.5. The molecule has 2 aromatic rings. The quantitative estimate of drug-likeness (QED) is 0.829. The first kappa shape index (κ1) is 14.6. The van der Waals surface area contributed by atoms with E-state index in [1.807, 2.05) is 36.4 Å². The molecule has 0 saturated heterocycles. The van der Waals surface area contributed by atoms with Crippen molar-refractivity contribution in [3.05, 3.63) is 58.6 Å². The van der Waals surface area contributed by atoms with Gasteiger partial charge in [0.15, 0.2) is 0 Å². The number of para-hydroxylation sites is 1. The zero-order valence-corrected chi connectivity index (χ0v) is 12.6. The highest BCUT2D eigenvalue weighted by molar-refractivity contribution is 7.80. The molecular formula is C15H15ClN2OS. The first-order valence-corrected chi connectivity index (χ1v) is 6.86. The SMILES string of the molecule is COc1ccccc1CNc1cccc(Cl)c1C(N)=S. The average molecular weight is 307 g/mol. The van der Waals surface area contributed by atoms with Gasteiger partial charge in [0.1, 0.15) is 10.7 Å². The van der Waals surface area contributed by atoms with Crippen LogP contribution in [0.3, 0.4) is 0 Å². The lowest BCUT2D eigenvalue weighted by molar-refractivity contribution is 0.410. The number of nitrogens with one attached hydrogen (secondary N) is 1. The van der Waals surface area contributed by atoms with Crippen LogP contribution in [0.15, 0.2) is 42.5 Å². The predicted molar refractivity (Wildman–Crippen MR) is 87.7 cm³/mol. The summed E-state index contributed by atoms with van der Waals surface area (Å²) in [5, 5.41) is 3.84. The predicted octanol–water partition coefficient (Wildman–Crippen LogP) is 3.59. The molecule has 0 spiro atoms. The fourth-order valence-corrected chi connectivity index (χ4v) is 2.51. The highest BCUT2D eigenvalue weighted by Gasteiger charge is 2.10. The summed E-state index contributed by atoms with van der Waals surface area (Å²) in [6.07, 6.45) is 0. The third kappa shape index (κ3) is 3.21. The highest BCUT2D eigenvalue weighted by Crippen LogP contribution is 2.26. The molecule has 5 heteroatoms. The molecule has 0 aromatic heterocycles. The molecule has 0 heterocycles. The molecule has 3 N–H and O–H groups in total. The second-order valence-electron chi connectivity index (χ2n) is 4.19. The van der Waals surface area contributed by atoms with Crippen molar-refractivity contribution in [2.45, 2.75) is 6.54 Å². The fourth-order valence-electron chi connectivity index (χ4n) is 1.96. The van der Waals surface area contributed by atoms with Gasteiger partial charge in [0, 0.05) is 17.8 Å². The lowest BCUT2D eigenvalue weighted by Gasteiger charge is -2.14. The Labute approximate surface area is 128 Å². The Morgan fingerprint density at radius 2 is 2.00 bits per heavy atom. The first-order chi connectivity index (χ1) is 9.63. The number of thiocarbonyl (C=S) groups is 1. The van der Waals surface area contributed by atoms with Gasteiger partial charge in [-0.1, -0.05) is 48.1 Å². The largest absolute Gasteiger partial charge is 0.496 e. The number of halogens is 1. The number of benzene rings is 2. The van der Waals surface area contributed by atoms with Crippen LogP contribution in [0.1, 0.15) is 11.1 Å². The van der Waals surface area contributed by atoms with E-state index in [2.05, 4.69) is 5.32 Å². The molecule has 0 unspecified atom stereocenters. The fraction of sp³-hybridized carbons (Fsp3) is 0.133. The van der Waals surface area contributed by atoms with Gasteiger partial charge in [0.2, 0.25) is 0 Å². The summed E-state index contributed by atoms with van der Waals surface area (Å²) in [6, 6.07) is 13.3. The third-order valence-corrected chi connectivity index (χ3v) is 3.44. The Hall–Kier alpha value is -1.78. The number of hydrogen-bond acceptors (Lipinski definition) is 3. The Balaban J connectivity index is 2.23. The summed E-state index contributed by atoms with van der Waals surface area (Å²) in [5.74, 6) is 0.832. The van der Waals surface area contributed by atoms with Crippen LogP contribution >= 0.6 is 23.8 Å². The van der Waals surface area contributed by atoms with Crippen LogP contribution < -0.4 is 15.8 Å². The molecule has 0 aliphatic heterocycles. The smallest absolute Gasteiger partial charge is 0.123 e. The molecule has 0 atom stereocenters. The average Bonchev–Trinajstić information content (AvgIpc) is 2.45. The van der Waals surface area contributed by atoms with Gasteiger partial charge in [-0.2, -0.15) is 0 Å². The Morgan fingerprint density at radius 3 is 2.70 bits per heavy atom. The van der Waals surface area contributed by atoms with Gasteiger partial charge >= 0.3 is 0 Å². The van der Waals surface area contributed by atoms with Crippen molar-refractivity contribution in [2.24, 2.45) is 5.73 Å². The normalized spacial score (nSPS) is 10.1. The van der Waals surface area contributed by atoms with E-state index in [9.17, 15) is 0 Å². The van der Waals surface area contributed by atoms with Gasteiger partial charge in [-0.25, -0.2) is 0 Å². The second kappa shape index (κ2) is 6.59. The molecule has 0 aliphatic carbocycles. The van der Waals surface area contributed by atoms with Crippen molar-refractivity contribution in [3.8, 4) is 5.75 Å². The minimum Gasteiger partial charge on any atom is -0.496 e. The van der Waals surface area contributed by atoms with Crippen LogP contribution in [-0.2, 0) is 6.54 Å². The van der Waals surface area contributed by atoms with Gasteiger partial charge in [-0.05, 0) is 18.2 Å². The maximum absolute atomic E-state index is 6.13. The van der Waals surface area contributed by atoms with Crippen molar-refractivity contribution in [2.75, 3.05) is 12.4 Å². The second-order valence-corrected chi connectivity index (χ2v) is 5.04. The van der Waals surface area contributed by atoms with Crippen LogP contribution in [0.25, 0.3) is 0 Å². The summed E-state index contributed by atoms with van der Waals surface area (Å²) in [4.78, 5) is 0.276. The van der Waals surface area contributed by atoms with Gasteiger partial charge in [-0.15, -0.1) is 0 Å². The van der Waals surface area contributed by atoms with Gasteiger partial charge in [-0.3, -0.25) is 0 Å². The summed E-state index contributed by atoms with van der Waals surface area (Å²) >= 11 is 11.2. The topological polar surface area (TPSA) is 47.3 Å². The maximum Gasteiger partial charge on any atom is 0.123 e. The number of nitrogens with two attached hydrogens (primary N) is 1. The lowest BCUT2D eigenvalue weighted by Crippen LogP contribution is -2.14. The van der Waals surface area contributed by atoms with Crippen LogP contribution in [0.4, 0.5) is 5.69 Å². The number of methoxy groups -OCH3 is 1. The van der Waals surface area contributed by atoms with Crippen LogP contribution in [0.5, 0.6) is 5.75 Å². The molecule has 2 rings (SSSR count). The van der Waals surface area contributed by atoms with Crippen LogP contribution in [-0.4, -0.2) is 12.1 Å². The van der Waals surface area contributed by atoms with Crippen LogP contribution in [0.2, 0.25) is 5.02 Å². The molecule has 3 nitrogen and oxygen atoms in total. The van der Waals surface area contributed by atoms with E-state index >= 15 is 0 Å². The zero-order valence-electron chi connectivity index (χ0n) is 11.0.